The molecule has 1 heterocycles. The second-order valence-electron chi connectivity index (χ2n) is 6.53. The van der Waals surface area contributed by atoms with Gasteiger partial charge in [-0.15, -0.1) is 11.3 Å². The van der Waals surface area contributed by atoms with Gasteiger partial charge in [-0.05, 0) is 55.5 Å². The van der Waals surface area contributed by atoms with Crippen LogP contribution >= 0.6 is 11.3 Å². The van der Waals surface area contributed by atoms with Crippen LogP contribution in [0.25, 0.3) is 0 Å². The number of ether oxygens (including phenoxy) is 1. The average Bonchev–Trinajstić information content (AvgIpc) is 3.09. The first-order valence-electron chi connectivity index (χ1n) is 8.61. The average molecular weight is 408 g/mol. The fraction of sp³-hybridized carbons (Fsp3) is 0.368. The normalized spacial score (nSPS) is 13.7. The van der Waals surface area contributed by atoms with Gasteiger partial charge in [0.05, 0.1) is 17.5 Å². The lowest BCUT2D eigenvalue weighted by atomic mass is 9.96. The van der Waals surface area contributed by atoms with Gasteiger partial charge >= 0.3 is 5.97 Å². The molecule has 1 aromatic heterocycles. The fourth-order valence-corrected chi connectivity index (χ4v) is 4.63. The van der Waals surface area contributed by atoms with Crippen LogP contribution in [-0.2, 0) is 27.6 Å². The van der Waals surface area contributed by atoms with E-state index < -0.39 is 16.0 Å². The van der Waals surface area contributed by atoms with Gasteiger partial charge in [0.2, 0.25) is 10.0 Å². The molecule has 0 bridgehead atoms. The Bertz CT molecular complexity index is 960. The van der Waals surface area contributed by atoms with Crippen molar-refractivity contribution in [2.24, 2.45) is 0 Å². The Morgan fingerprint density at radius 3 is 2.48 bits per heavy atom. The summed E-state index contributed by atoms with van der Waals surface area (Å²) >= 11 is 1.58. The van der Waals surface area contributed by atoms with Crippen LogP contribution in [0.15, 0.2) is 29.6 Å². The summed E-state index contributed by atoms with van der Waals surface area (Å²) in [5.74, 6) is -0.794. The van der Waals surface area contributed by atoms with Gasteiger partial charge in [-0.1, -0.05) is 0 Å². The lowest BCUT2D eigenvalue weighted by Gasteiger charge is -2.16. The molecule has 8 heteroatoms. The van der Waals surface area contributed by atoms with E-state index in [-0.39, 0.29) is 12.4 Å². The number of carbonyl (C=O) groups is 2. The first-order chi connectivity index (χ1) is 12.8. The number of aryl methyl sites for hydroxylation is 1. The van der Waals surface area contributed by atoms with Crippen LogP contribution in [0.4, 0.5) is 5.69 Å². The highest BCUT2D eigenvalue weighted by molar-refractivity contribution is 7.92. The molecular formula is C19H21NO5S2. The molecule has 0 unspecified atom stereocenters. The Morgan fingerprint density at radius 2 is 1.81 bits per heavy atom. The van der Waals surface area contributed by atoms with Crippen molar-refractivity contribution in [3.8, 4) is 0 Å². The maximum atomic E-state index is 12.3. The second kappa shape index (κ2) is 7.82. The molecule has 1 aliphatic carbocycles. The van der Waals surface area contributed by atoms with E-state index in [1.165, 1.54) is 24.1 Å². The maximum absolute atomic E-state index is 12.3. The SMILES string of the molecule is CN(c1ccc(C(=O)COC(=O)c2csc3c2CCCC3)cc1)S(C)(=O)=O. The van der Waals surface area contributed by atoms with Gasteiger partial charge in [0.1, 0.15) is 0 Å². The van der Waals surface area contributed by atoms with E-state index >= 15 is 0 Å². The third-order valence-electron chi connectivity index (χ3n) is 4.67. The van der Waals surface area contributed by atoms with Crippen molar-refractivity contribution in [3.63, 3.8) is 0 Å². The minimum absolute atomic E-state index is 0.332. The number of carbonyl (C=O) groups excluding carboxylic acids is 2. The largest absolute Gasteiger partial charge is 0.454 e. The molecule has 3 rings (SSSR count). The first-order valence-corrected chi connectivity index (χ1v) is 11.3. The summed E-state index contributed by atoms with van der Waals surface area (Å²) < 4.78 is 29.4. The Balaban J connectivity index is 1.62. The molecule has 1 aromatic carbocycles. The lowest BCUT2D eigenvalue weighted by Crippen LogP contribution is -2.24. The maximum Gasteiger partial charge on any atom is 0.339 e. The van der Waals surface area contributed by atoms with Crippen LogP contribution in [0.5, 0.6) is 0 Å². The fourth-order valence-electron chi connectivity index (χ4n) is 3.01. The van der Waals surface area contributed by atoms with Crippen molar-refractivity contribution in [2.75, 3.05) is 24.2 Å². The molecule has 0 aliphatic heterocycles. The Morgan fingerprint density at radius 1 is 1.15 bits per heavy atom. The Kier molecular flexibility index (Phi) is 5.67. The zero-order valence-electron chi connectivity index (χ0n) is 15.2. The number of hydrogen-bond acceptors (Lipinski definition) is 6. The topological polar surface area (TPSA) is 80.8 Å². The van der Waals surface area contributed by atoms with Gasteiger partial charge < -0.3 is 4.74 Å². The van der Waals surface area contributed by atoms with Crippen molar-refractivity contribution in [1.82, 2.24) is 0 Å². The second-order valence-corrected chi connectivity index (χ2v) is 9.51. The molecule has 2 aromatic rings. The number of thiophene rings is 1. The van der Waals surface area contributed by atoms with Gasteiger partial charge in [0, 0.05) is 22.9 Å². The van der Waals surface area contributed by atoms with Gasteiger partial charge in [-0.25, -0.2) is 13.2 Å². The summed E-state index contributed by atoms with van der Waals surface area (Å²) in [5, 5.41) is 1.82. The van der Waals surface area contributed by atoms with Crippen molar-refractivity contribution < 1.29 is 22.7 Å². The Hall–Kier alpha value is -2.19. The van der Waals surface area contributed by atoms with Crippen LogP contribution in [0.3, 0.4) is 0 Å². The molecule has 0 saturated heterocycles. The highest BCUT2D eigenvalue weighted by atomic mass is 32.2. The van der Waals surface area contributed by atoms with E-state index in [0.29, 0.717) is 16.8 Å². The molecule has 0 radical (unpaired) electrons. The summed E-state index contributed by atoms with van der Waals surface area (Å²) in [6, 6.07) is 6.15. The lowest BCUT2D eigenvalue weighted by molar-refractivity contribution is 0.0474. The number of nitrogens with zero attached hydrogens (tertiary/aromatic N) is 1. The molecule has 0 atom stereocenters. The van der Waals surface area contributed by atoms with Gasteiger partial charge in [0.25, 0.3) is 0 Å². The number of benzene rings is 1. The van der Waals surface area contributed by atoms with Crippen LogP contribution in [0, 0.1) is 0 Å². The smallest absolute Gasteiger partial charge is 0.339 e. The molecule has 0 fully saturated rings. The van der Waals surface area contributed by atoms with E-state index in [2.05, 4.69) is 0 Å². The predicted molar refractivity (Wildman–Crippen MR) is 105 cm³/mol. The highest BCUT2D eigenvalue weighted by Gasteiger charge is 2.22. The molecule has 144 valence electrons. The zero-order valence-corrected chi connectivity index (χ0v) is 16.9. The summed E-state index contributed by atoms with van der Waals surface area (Å²) in [6.07, 6.45) is 5.20. The third kappa shape index (κ3) is 4.39. The van der Waals surface area contributed by atoms with Gasteiger partial charge in [0.15, 0.2) is 12.4 Å². The monoisotopic (exact) mass is 407 g/mol. The molecule has 0 spiro atoms. The number of anilines is 1. The van der Waals surface area contributed by atoms with Crippen molar-refractivity contribution in [1.29, 1.82) is 0 Å². The number of fused-ring (bicyclic) bond motifs is 1. The zero-order chi connectivity index (χ0) is 19.6. The summed E-state index contributed by atoms with van der Waals surface area (Å²) in [7, 11) is -1.92. The van der Waals surface area contributed by atoms with Gasteiger partial charge in [-0.3, -0.25) is 9.10 Å². The minimum atomic E-state index is -3.36. The number of rotatable bonds is 6. The summed E-state index contributed by atoms with van der Waals surface area (Å²) in [6.45, 7) is -0.343. The number of Topliss-reactive ketones (excluding diaryl/α,β-unsaturated/α-hetero) is 1. The molecule has 27 heavy (non-hydrogen) atoms. The van der Waals surface area contributed by atoms with Crippen LogP contribution in [0.1, 0.15) is 44.0 Å². The molecule has 0 amide bonds. The number of esters is 1. The summed E-state index contributed by atoms with van der Waals surface area (Å²) in [4.78, 5) is 25.8. The first kappa shape index (κ1) is 19.6. The number of sulfonamides is 1. The van der Waals surface area contributed by atoms with E-state index in [1.54, 1.807) is 23.5 Å². The summed E-state index contributed by atoms with van der Waals surface area (Å²) in [5.41, 5.74) is 2.46. The molecule has 0 saturated carbocycles. The van der Waals surface area contributed by atoms with Crippen LogP contribution in [-0.4, -0.2) is 40.1 Å². The Labute approximate surface area is 162 Å². The number of ketones is 1. The minimum Gasteiger partial charge on any atom is -0.454 e. The highest BCUT2D eigenvalue weighted by Crippen LogP contribution is 2.30. The van der Waals surface area contributed by atoms with E-state index in [4.69, 9.17) is 4.74 Å². The molecule has 6 nitrogen and oxygen atoms in total. The third-order valence-corrected chi connectivity index (χ3v) is 6.96. The van der Waals surface area contributed by atoms with E-state index in [0.717, 1.165) is 41.8 Å². The van der Waals surface area contributed by atoms with Crippen LogP contribution in [0.2, 0.25) is 0 Å². The molecular weight excluding hydrogens is 386 g/mol. The molecule has 1 aliphatic rings. The van der Waals surface area contributed by atoms with Crippen molar-refractivity contribution >= 4 is 38.8 Å². The molecule has 0 N–H and O–H groups in total. The van der Waals surface area contributed by atoms with Crippen molar-refractivity contribution in [3.05, 3.63) is 51.2 Å². The van der Waals surface area contributed by atoms with E-state index in [1.807, 2.05) is 5.38 Å². The quantitative estimate of drug-likeness (QED) is 0.543. The number of hydrogen-bond donors (Lipinski definition) is 0. The van der Waals surface area contributed by atoms with Gasteiger partial charge in [-0.2, -0.15) is 0 Å². The van der Waals surface area contributed by atoms with E-state index in [9.17, 15) is 18.0 Å². The van der Waals surface area contributed by atoms with Crippen molar-refractivity contribution in [2.45, 2.75) is 25.7 Å². The van der Waals surface area contributed by atoms with Crippen LogP contribution < -0.4 is 4.31 Å². The predicted octanol–water partition coefficient (Wildman–Crippen LogP) is 3.06. The standard InChI is InChI=1S/C19H21NO5S2/c1-20(27(2,23)24)14-9-7-13(8-10-14)17(21)11-25-19(22)16-12-26-18-6-4-3-5-15(16)18/h7-10,12H,3-6,11H2,1-2H3.